The Kier molecular flexibility index (Phi) is 19.4. The van der Waals surface area contributed by atoms with Gasteiger partial charge in [0.15, 0.2) is 11.5 Å². The van der Waals surface area contributed by atoms with Crippen LogP contribution < -0.4 is 11.5 Å². The highest BCUT2D eigenvalue weighted by Crippen LogP contribution is 2.49. The Morgan fingerprint density at radius 1 is 0.833 bits per heavy atom. The Bertz CT molecular complexity index is 1360. The number of allylic oxidation sites excluding steroid dienone is 2. The van der Waals surface area contributed by atoms with Gasteiger partial charge in [-0.05, 0) is 44.6 Å². The maximum absolute atomic E-state index is 13.7. The SMILES string of the molecule is CCCCCCCC/C=C/CCCCCCCCOCCOP(=O)(COC(C)Cn1cnc2c(N)nc(N)nc21)OCc1ccccc1. The lowest BCUT2D eigenvalue weighted by Crippen LogP contribution is -2.19. The molecule has 0 spiro atoms. The number of ether oxygens (including phenoxy) is 2. The quantitative estimate of drug-likeness (QED) is 0.0431. The van der Waals surface area contributed by atoms with Crippen LogP contribution in [0.25, 0.3) is 11.2 Å². The largest absolute Gasteiger partial charge is 0.382 e. The second-order valence-corrected chi connectivity index (χ2v) is 14.4. The number of anilines is 2. The molecule has 0 amide bonds. The fraction of sp³-hybridized carbons (Fsp3) is 0.639. The molecular weight excluding hydrogens is 627 g/mol. The summed E-state index contributed by atoms with van der Waals surface area (Å²) in [5.74, 6) is 0.282. The Morgan fingerprint density at radius 2 is 1.50 bits per heavy atom. The van der Waals surface area contributed by atoms with Crippen LogP contribution in [0, 0.1) is 0 Å². The molecule has 0 saturated carbocycles. The Balaban J connectivity index is 1.28. The first kappa shape index (κ1) is 39.6. The van der Waals surface area contributed by atoms with Crippen LogP contribution in [0.15, 0.2) is 48.8 Å². The van der Waals surface area contributed by atoms with E-state index in [0.29, 0.717) is 30.9 Å². The summed E-state index contributed by atoms with van der Waals surface area (Å²) >= 11 is 0. The van der Waals surface area contributed by atoms with Crippen LogP contribution in [0.5, 0.6) is 0 Å². The number of benzene rings is 1. The summed E-state index contributed by atoms with van der Waals surface area (Å²) in [5, 5.41) is 0. The van der Waals surface area contributed by atoms with Crippen molar-refractivity contribution in [2.75, 3.05) is 37.6 Å². The van der Waals surface area contributed by atoms with Crippen molar-refractivity contribution in [3.05, 3.63) is 54.4 Å². The van der Waals surface area contributed by atoms with Crippen LogP contribution in [0.1, 0.15) is 109 Å². The van der Waals surface area contributed by atoms with E-state index in [2.05, 4.69) is 34.0 Å². The van der Waals surface area contributed by atoms with Gasteiger partial charge < -0.3 is 34.6 Å². The van der Waals surface area contributed by atoms with Crippen molar-refractivity contribution < 1.29 is 23.1 Å². The van der Waals surface area contributed by atoms with Crippen LogP contribution >= 0.6 is 7.60 Å². The predicted molar refractivity (Wildman–Crippen MR) is 195 cm³/mol. The summed E-state index contributed by atoms with van der Waals surface area (Å²) in [6, 6.07) is 9.56. The van der Waals surface area contributed by atoms with Crippen LogP contribution in [-0.4, -0.2) is 51.8 Å². The molecule has 0 aliphatic heterocycles. The number of rotatable bonds is 28. The molecule has 0 aliphatic carbocycles. The van der Waals surface area contributed by atoms with Crippen LogP contribution in [0.2, 0.25) is 0 Å². The lowest BCUT2D eigenvalue weighted by molar-refractivity contribution is 0.0530. The number of nitrogens with two attached hydrogens (primary N) is 2. The first-order valence-corrected chi connectivity index (χ1v) is 19.6. The van der Waals surface area contributed by atoms with Crippen molar-refractivity contribution in [3.63, 3.8) is 0 Å². The van der Waals surface area contributed by atoms with Gasteiger partial charge in [-0.3, -0.25) is 4.57 Å². The van der Waals surface area contributed by atoms with E-state index in [1.807, 2.05) is 37.3 Å². The number of fused-ring (bicyclic) bond motifs is 1. The molecule has 2 heterocycles. The summed E-state index contributed by atoms with van der Waals surface area (Å²) in [6.45, 7) is 5.80. The monoisotopic (exact) mass is 686 g/mol. The Morgan fingerprint density at radius 3 is 2.21 bits per heavy atom. The van der Waals surface area contributed by atoms with E-state index >= 15 is 0 Å². The van der Waals surface area contributed by atoms with E-state index in [4.69, 9.17) is 30.0 Å². The normalized spacial score (nSPS) is 13.8. The summed E-state index contributed by atoms with van der Waals surface area (Å²) in [5.41, 5.74) is 13.6. The number of nitrogen functional groups attached to an aromatic ring is 2. The van der Waals surface area contributed by atoms with Gasteiger partial charge in [0.25, 0.3) is 0 Å². The van der Waals surface area contributed by atoms with Gasteiger partial charge in [-0.25, -0.2) is 4.98 Å². The summed E-state index contributed by atoms with van der Waals surface area (Å²) in [4.78, 5) is 12.5. The number of unbranched alkanes of at least 4 members (excludes halogenated alkanes) is 12. The van der Waals surface area contributed by atoms with Gasteiger partial charge in [0.05, 0.1) is 38.8 Å². The van der Waals surface area contributed by atoms with E-state index in [1.165, 1.54) is 77.0 Å². The standard InChI is InChI=1S/C36H59N6O5P/c1-3-4-5-6-7-8-9-10-11-12-13-14-15-16-17-21-24-44-25-26-46-48(43,47-28-32-22-19-18-20-23-32)30-45-31(2)27-42-29-39-33-34(37)40-36(38)41-35(33)42/h10-11,18-20,22-23,29,31H,3-9,12-17,21,24-28,30H2,1-2H3,(H4,37,38,40,41)/b11-10+. The lowest BCUT2D eigenvalue weighted by Gasteiger charge is -2.21. The molecule has 11 nitrogen and oxygen atoms in total. The van der Waals surface area contributed by atoms with Gasteiger partial charge >= 0.3 is 7.60 Å². The van der Waals surface area contributed by atoms with Crippen molar-refractivity contribution >= 4 is 30.5 Å². The molecule has 2 atom stereocenters. The van der Waals surface area contributed by atoms with Gasteiger partial charge in [-0.2, -0.15) is 9.97 Å². The van der Waals surface area contributed by atoms with Gasteiger partial charge in [0.2, 0.25) is 5.95 Å². The number of imidazole rings is 1. The van der Waals surface area contributed by atoms with Gasteiger partial charge in [0, 0.05) is 6.61 Å². The topological polar surface area (TPSA) is 150 Å². The zero-order valence-electron chi connectivity index (χ0n) is 29.3. The van der Waals surface area contributed by atoms with Crippen molar-refractivity contribution in [1.29, 1.82) is 0 Å². The fourth-order valence-corrected chi connectivity index (χ4v) is 6.67. The molecule has 1 aromatic carbocycles. The van der Waals surface area contributed by atoms with Gasteiger partial charge in [-0.1, -0.05) is 107 Å². The van der Waals surface area contributed by atoms with Gasteiger partial charge in [-0.15, -0.1) is 0 Å². The molecule has 48 heavy (non-hydrogen) atoms. The van der Waals surface area contributed by atoms with Crippen LogP contribution in [0.4, 0.5) is 11.8 Å². The first-order valence-electron chi connectivity index (χ1n) is 17.9. The first-order chi connectivity index (χ1) is 23.4. The average Bonchev–Trinajstić information content (AvgIpc) is 3.48. The molecule has 268 valence electrons. The molecule has 2 unspecified atom stereocenters. The van der Waals surface area contributed by atoms with Crippen molar-refractivity contribution in [1.82, 2.24) is 19.5 Å². The minimum absolute atomic E-state index is 0.0671. The molecule has 4 N–H and O–H groups in total. The summed E-state index contributed by atoms with van der Waals surface area (Å²) in [6.07, 6.45) is 23.6. The molecule has 2 aromatic heterocycles. The number of hydrogen-bond donors (Lipinski definition) is 2. The molecule has 0 fully saturated rings. The fourth-order valence-electron chi connectivity index (χ4n) is 5.31. The van der Waals surface area contributed by atoms with E-state index in [1.54, 1.807) is 10.9 Å². The third-order valence-electron chi connectivity index (χ3n) is 8.07. The van der Waals surface area contributed by atoms with Crippen LogP contribution in [-0.2, 0) is 36.2 Å². The minimum atomic E-state index is -3.58. The zero-order chi connectivity index (χ0) is 34.3. The predicted octanol–water partition coefficient (Wildman–Crippen LogP) is 8.83. The molecule has 0 saturated heterocycles. The molecular formula is C36H59N6O5P. The highest BCUT2D eigenvalue weighted by Gasteiger charge is 2.27. The van der Waals surface area contributed by atoms with Gasteiger partial charge in [0.1, 0.15) is 11.9 Å². The zero-order valence-corrected chi connectivity index (χ0v) is 30.2. The molecule has 0 radical (unpaired) electrons. The third-order valence-corrected chi connectivity index (χ3v) is 9.63. The number of hydrogen-bond acceptors (Lipinski definition) is 10. The molecule has 0 aliphatic rings. The minimum Gasteiger partial charge on any atom is -0.382 e. The Hall–Kier alpha value is -2.82. The molecule has 3 rings (SSSR count). The maximum Gasteiger partial charge on any atom is 0.356 e. The summed E-state index contributed by atoms with van der Waals surface area (Å²) < 4.78 is 38.8. The van der Waals surface area contributed by atoms with E-state index in [9.17, 15) is 4.57 Å². The maximum atomic E-state index is 13.7. The Labute approximate surface area is 287 Å². The summed E-state index contributed by atoms with van der Waals surface area (Å²) in [7, 11) is -3.58. The van der Waals surface area contributed by atoms with E-state index < -0.39 is 7.60 Å². The van der Waals surface area contributed by atoms with E-state index in [0.717, 1.165) is 18.4 Å². The van der Waals surface area contributed by atoms with Crippen molar-refractivity contribution in [3.8, 4) is 0 Å². The van der Waals surface area contributed by atoms with Crippen molar-refractivity contribution in [2.24, 2.45) is 0 Å². The second kappa shape index (κ2) is 23.5. The number of nitrogens with zero attached hydrogens (tertiary/aromatic N) is 4. The molecule has 0 bridgehead atoms. The van der Waals surface area contributed by atoms with Crippen molar-refractivity contribution in [2.45, 2.75) is 123 Å². The van der Waals surface area contributed by atoms with E-state index in [-0.39, 0.29) is 37.4 Å². The lowest BCUT2D eigenvalue weighted by atomic mass is 10.1. The highest BCUT2D eigenvalue weighted by molar-refractivity contribution is 7.53. The third kappa shape index (κ3) is 16.1. The molecule has 3 aromatic rings. The molecule has 12 heteroatoms. The van der Waals surface area contributed by atoms with Crippen LogP contribution in [0.3, 0.4) is 0 Å². The second-order valence-electron chi connectivity index (χ2n) is 12.4. The smallest absolute Gasteiger partial charge is 0.356 e. The average molecular weight is 687 g/mol. The number of aromatic nitrogens is 4. The highest BCUT2D eigenvalue weighted by atomic mass is 31.2.